The second-order valence-corrected chi connectivity index (χ2v) is 9.01. The molecule has 0 radical (unpaired) electrons. The minimum absolute atomic E-state index is 0.290. The lowest BCUT2D eigenvalue weighted by Crippen LogP contribution is -2.49. The maximum atomic E-state index is 12.4. The van der Waals surface area contributed by atoms with E-state index in [1.165, 1.54) is 5.56 Å². The molecule has 1 saturated heterocycles. The van der Waals surface area contributed by atoms with Crippen molar-refractivity contribution in [2.75, 3.05) is 44.2 Å². The molecule has 0 aromatic carbocycles. The van der Waals surface area contributed by atoms with Crippen molar-refractivity contribution >= 4 is 11.7 Å². The Morgan fingerprint density at radius 1 is 1.22 bits per heavy atom. The predicted molar refractivity (Wildman–Crippen MR) is 113 cm³/mol. The third kappa shape index (κ3) is 5.46. The molecule has 1 aliphatic carbocycles. The summed E-state index contributed by atoms with van der Waals surface area (Å²) in [7, 11) is 0. The first-order valence-corrected chi connectivity index (χ1v) is 11.4. The van der Waals surface area contributed by atoms with Gasteiger partial charge in [-0.25, -0.2) is 4.98 Å². The van der Waals surface area contributed by atoms with Gasteiger partial charge in [0.1, 0.15) is 0 Å². The SMILES string of the molecule is O=C(NC1CCC(CCN2CCN(c3nccc4c3OCC4)CC2)CC1)[C@H](O)C(F)(F)F. The quantitative estimate of drug-likeness (QED) is 0.683. The van der Waals surface area contributed by atoms with E-state index in [1.807, 2.05) is 12.3 Å². The van der Waals surface area contributed by atoms with E-state index in [-0.39, 0.29) is 6.04 Å². The van der Waals surface area contributed by atoms with Crippen LogP contribution in [0.1, 0.15) is 37.7 Å². The van der Waals surface area contributed by atoms with Gasteiger partial charge in [-0.05, 0) is 50.6 Å². The van der Waals surface area contributed by atoms with Gasteiger partial charge in [0.05, 0.1) is 6.61 Å². The summed E-state index contributed by atoms with van der Waals surface area (Å²) in [5.74, 6) is 1.06. The van der Waals surface area contributed by atoms with E-state index in [0.29, 0.717) is 18.8 Å². The highest BCUT2D eigenvalue weighted by atomic mass is 19.4. The van der Waals surface area contributed by atoms with Gasteiger partial charge in [-0.2, -0.15) is 13.2 Å². The third-order valence-electron chi connectivity index (χ3n) is 6.86. The largest absolute Gasteiger partial charge is 0.489 e. The number of nitrogens with one attached hydrogen (secondary N) is 1. The summed E-state index contributed by atoms with van der Waals surface area (Å²) >= 11 is 0. The maximum Gasteiger partial charge on any atom is 0.423 e. The molecule has 0 unspecified atom stereocenters. The number of ether oxygens (including phenoxy) is 1. The summed E-state index contributed by atoms with van der Waals surface area (Å²) in [6.07, 6.45) is -0.952. The Morgan fingerprint density at radius 3 is 2.62 bits per heavy atom. The number of halogens is 3. The molecule has 0 bridgehead atoms. The van der Waals surface area contributed by atoms with Gasteiger partial charge in [-0.1, -0.05) is 0 Å². The number of rotatable bonds is 6. The van der Waals surface area contributed by atoms with Crippen molar-refractivity contribution in [2.45, 2.75) is 56.8 Å². The first kappa shape index (κ1) is 23.1. The number of nitrogens with zero attached hydrogens (tertiary/aromatic N) is 3. The number of anilines is 1. The molecule has 32 heavy (non-hydrogen) atoms. The number of hydrogen-bond donors (Lipinski definition) is 2. The van der Waals surface area contributed by atoms with Gasteiger partial charge in [0, 0.05) is 50.4 Å². The zero-order valence-corrected chi connectivity index (χ0v) is 18.1. The van der Waals surface area contributed by atoms with Crippen molar-refractivity contribution in [1.82, 2.24) is 15.2 Å². The highest BCUT2D eigenvalue weighted by Gasteiger charge is 2.44. The number of aliphatic hydroxyl groups is 1. The van der Waals surface area contributed by atoms with Crippen LogP contribution in [0.15, 0.2) is 12.3 Å². The smallest absolute Gasteiger partial charge is 0.423 e. The fourth-order valence-electron chi connectivity index (χ4n) is 4.89. The predicted octanol–water partition coefficient (Wildman–Crippen LogP) is 2.13. The topological polar surface area (TPSA) is 77.9 Å². The van der Waals surface area contributed by atoms with Gasteiger partial charge in [0.2, 0.25) is 6.10 Å². The third-order valence-corrected chi connectivity index (χ3v) is 6.86. The van der Waals surface area contributed by atoms with Gasteiger partial charge in [0.25, 0.3) is 5.91 Å². The molecular formula is C22H31F3N4O3. The van der Waals surface area contributed by atoms with Gasteiger partial charge in [-0.3, -0.25) is 9.69 Å². The number of alkyl halides is 3. The zero-order valence-electron chi connectivity index (χ0n) is 18.1. The zero-order chi connectivity index (χ0) is 22.7. The minimum Gasteiger partial charge on any atom is -0.489 e. The number of amides is 1. The van der Waals surface area contributed by atoms with Crippen LogP contribution in [-0.4, -0.2) is 78.6 Å². The van der Waals surface area contributed by atoms with Crippen molar-refractivity contribution in [2.24, 2.45) is 5.92 Å². The summed E-state index contributed by atoms with van der Waals surface area (Å²) < 4.78 is 43.1. The van der Waals surface area contributed by atoms with Gasteiger partial charge >= 0.3 is 6.18 Å². The van der Waals surface area contributed by atoms with E-state index in [9.17, 15) is 18.0 Å². The van der Waals surface area contributed by atoms with Crippen LogP contribution in [0, 0.1) is 5.92 Å². The second kappa shape index (κ2) is 9.82. The highest BCUT2D eigenvalue weighted by molar-refractivity contribution is 5.81. The van der Waals surface area contributed by atoms with Crippen molar-refractivity contribution in [3.05, 3.63) is 17.8 Å². The molecule has 1 aromatic rings. The molecule has 2 N–H and O–H groups in total. The Bertz CT molecular complexity index is 791. The number of hydrogen-bond acceptors (Lipinski definition) is 6. The van der Waals surface area contributed by atoms with Crippen LogP contribution in [0.2, 0.25) is 0 Å². The van der Waals surface area contributed by atoms with Gasteiger partial charge < -0.3 is 20.1 Å². The molecular weight excluding hydrogens is 425 g/mol. The fourth-order valence-corrected chi connectivity index (χ4v) is 4.89. The van der Waals surface area contributed by atoms with Gasteiger partial charge in [-0.15, -0.1) is 0 Å². The van der Waals surface area contributed by atoms with Crippen LogP contribution >= 0.6 is 0 Å². The molecule has 1 aromatic heterocycles. The Labute approximate surface area is 185 Å². The van der Waals surface area contributed by atoms with E-state index in [4.69, 9.17) is 9.84 Å². The molecule has 10 heteroatoms. The molecule has 3 heterocycles. The van der Waals surface area contributed by atoms with Crippen LogP contribution in [0.5, 0.6) is 5.75 Å². The molecule has 1 saturated carbocycles. The van der Waals surface area contributed by atoms with E-state index in [1.54, 1.807) is 0 Å². The van der Waals surface area contributed by atoms with Gasteiger partial charge in [0.15, 0.2) is 11.6 Å². The highest BCUT2D eigenvalue weighted by Crippen LogP contribution is 2.34. The summed E-state index contributed by atoms with van der Waals surface area (Å²) in [6.45, 7) is 5.47. The van der Waals surface area contributed by atoms with Crippen LogP contribution in [0.4, 0.5) is 19.0 Å². The van der Waals surface area contributed by atoms with Crippen LogP contribution in [0.3, 0.4) is 0 Å². The monoisotopic (exact) mass is 456 g/mol. The van der Waals surface area contributed by atoms with E-state index in [0.717, 1.165) is 76.6 Å². The van der Waals surface area contributed by atoms with Crippen molar-refractivity contribution in [1.29, 1.82) is 0 Å². The summed E-state index contributed by atoms with van der Waals surface area (Å²) in [6, 6.07) is 1.74. The minimum atomic E-state index is -4.92. The van der Waals surface area contributed by atoms with Crippen LogP contribution in [-0.2, 0) is 11.2 Å². The average Bonchev–Trinajstić information content (AvgIpc) is 3.27. The average molecular weight is 457 g/mol. The Kier molecular flexibility index (Phi) is 7.09. The number of carbonyl (C=O) groups excluding carboxylic acids is 1. The molecule has 4 rings (SSSR count). The van der Waals surface area contributed by atoms with E-state index in [2.05, 4.69) is 20.1 Å². The van der Waals surface area contributed by atoms with E-state index < -0.39 is 18.2 Å². The first-order valence-electron chi connectivity index (χ1n) is 11.4. The Balaban J connectivity index is 1.15. The first-order chi connectivity index (χ1) is 15.3. The molecule has 2 fully saturated rings. The van der Waals surface area contributed by atoms with Crippen molar-refractivity contribution < 1.29 is 27.8 Å². The van der Waals surface area contributed by atoms with Crippen LogP contribution in [0.25, 0.3) is 0 Å². The molecule has 0 spiro atoms. The van der Waals surface area contributed by atoms with Crippen molar-refractivity contribution in [3.8, 4) is 5.75 Å². The summed E-state index contributed by atoms with van der Waals surface area (Å²) in [4.78, 5) is 20.9. The Morgan fingerprint density at radius 2 is 1.94 bits per heavy atom. The fraction of sp³-hybridized carbons (Fsp3) is 0.727. The van der Waals surface area contributed by atoms with Crippen LogP contribution < -0.4 is 15.0 Å². The second-order valence-electron chi connectivity index (χ2n) is 9.01. The lowest BCUT2D eigenvalue weighted by molar-refractivity contribution is -0.205. The number of carbonyl (C=O) groups is 1. The van der Waals surface area contributed by atoms with E-state index >= 15 is 0 Å². The normalized spacial score (nSPS) is 25.2. The maximum absolute atomic E-state index is 12.4. The number of aliphatic hydroxyl groups excluding tert-OH is 1. The molecule has 2 aliphatic heterocycles. The number of aromatic nitrogens is 1. The molecule has 3 aliphatic rings. The number of pyridine rings is 1. The van der Waals surface area contributed by atoms with Crippen molar-refractivity contribution in [3.63, 3.8) is 0 Å². The number of fused-ring (bicyclic) bond motifs is 1. The molecule has 7 nitrogen and oxygen atoms in total. The summed E-state index contributed by atoms with van der Waals surface area (Å²) in [5, 5.41) is 11.4. The summed E-state index contributed by atoms with van der Waals surface area (Å²) in [5.41, 5.74) is 1.23. The molecule has 1 atom stereocenters. The molecule has 178 valence electrons. The lowest BCUT2D eigenvalue weighted by Gasteiger charge is -2.37. The molecule has 1 amide bonds. The Hall–Kier alpha value is -2.07. The standard InChI is InChI=1S/C22H31F3N4O3/c23-22(24,25)19(30)21(31)27-17-3-1-15(2-4-17)6-9-28-10-12-29(13-11-28)20-18-16(5-8-26-20)7-14-32-18/h5,8,15,17,19,30H,1-4,6-7,9-14H2,(H,27,31)/t15?,17?,19-/m0/s1. The number of piperazine rings is 1. The lowest BCUT2D eigenvalue weighted by atomic mass is 9.84.